The molecule has 0 saturated carbocycles. The molecule has 5 aromatic heterocycles. The van der Waals surface area contributed by atoms with Gasteiger partial charge in [0.2, 0.25) is 0 Å². The Morgan fingerprint density at radius 2 is 0.635 bits per heavy atom. The molecule has 0 spiro atoms. The number of rotatable bonds is 2. The van der Waals surface area contributed by atoms with Crippen LogP contribution in [0.25, 0.3) is 90.9 Å². The summed E-state index contributed by atoms with van der Waals surface area (Å²) in [4.78, 5) is 27.3. The molecule has 11 heterocycles. The van der Waals surface area contributed by atoms with Gasteiger partial charge in [0.15, 0.2) is 0 Å². The van der Waals surface area contributed by atoms with Gasteiger partial charge in [0.05, 0.1) is 75.6 Å². The molecule has 372 valence electrons. The molecule has 12 bridgehead atoms. The Balaban J connectivity index is 1.04. The third-order valence-corrected chi connectivity index (χ3v) is 12.5. The molecule has 0 aliphatic carbocycles. The smallest absolute Gasteiger partial charge is 0.127 e. The highest BCUT2D eigenvalue weighted by atomic mass is 16.6. The van der Waals surface area contributed by atoms with Crippen molar-refractivity contribution in [2.45, 2.75) is 0 Å². The molecule has 0 radical (unpaired) electrons. The molecule has 0 fully saturated rings. The number of pyridine rings is 2. The summed E-state index contributed by atoms with van der Waals surface area (Å²) in [5.74, 6) is 2.84. The van der Waals surface area contributed by atoms with E-state index in [1.54, 1.807) is 24.8 Å². The summed E-state index contributed by atoms with van der Waals surface area (Å²) in [6.45, 7) is 4.67. The minimum Gasteiger partial charge on any atom is -0.491 e. The number of nitrogens with one attached hydrogen (secondary N) is 2. The van der Waals surface area contributed by atoms with Crippen molar-refractivity contribution in [3.8, 4) is 67.5 Å². The molecule has 6 aliphatic heterocycles. The monoisotopic (exact) mass is 986 g/mol. The number of ether oxygens (including phenoxy) is 8. The SMILES string of the molecule is C1=Cc2nc1c(-c1ccncc1)c1ccc([nH]1)c1c3nc(c(-c4ccncc4)c4ccc([nH]4)c2-c2ccccc2OCCOCCOCCOc2ccc(cc2)OCCOCCOCCOc2ccccc2-1)C=C3. The minimum atomic E-state index is 0.319. The van der Waals surface area contributed by atoms with E-state index in [-0.39, 0.29) is 0 Å². The second kappa shape index (κ2) is 23.4. The first-order chi connectivity index (χ1) is 36.7. The Hall–Kier alpha value is -8.40. The molecular formula is C60H54N6O8. The van der Waals surface area contributed by atoms with Crippen molar-refractivity contribution in [3.63, 3.8) is 0 Å². The van der Waals surface area contributed by atoms with Crippen molar-refractivity contribution in [2.75, 3.05) is 79.3 Å². The van der Waals surface area contributed by atoms with E-state index < -0.39 is 0 Å². The van der Waals surface area contributed by atoms with Gasteiger partial charge in [-0.3, -0.25) is 9.97 Å². The van der Waals surface area contributed by atoms with E-state index in [9.17, 15) is 0 Å². The van der Waals surface area contributed by atoms with E-state index in [4.69, 9.17) is 47.9 Å². The standard InChI is InChI=1S/C60H54N6O8/c1-3-7-55-45(5-1)59-51-17-13-47(63-51)57(41-21-25-61-26-22-41)49-15-19-53(65-49)60(54-20-16-50(66-54)58(42-23-27-62-28-24-42)48-14-18-52(59)64-48)46-6-2-4-8-56(46)74-40-36-70-32-30-68-34-38-72-44-11-9-43(10-12-44)71-37-33-67-29-31-69-35-39-73-55/h1-28,63,66H,29-40H2. The molecular weight excluding hydrogens is 933 g/mol. The predicted octanol–water partition coefficient (Wildman–Crippen LogP) is 11.4. The Bertz CT molecular complexity index is 3200. The third kappa shape index (κ3) is 11.1. The first-order valence-corrected chi connectivity index (χ1v) is 24.8. The molecule has 2 N–H and O–H groups in total. The molecule has 14 nitrogen and oxygen atoms in total. The zero-order chi connectivity index (χ0) is 49.7. The molecule has 0 unspecified atom stereocenters. The number of nitrogens with zero attached hydrogens (tertiary/aromatic N) is 4. The fourth-order valence-electron chi connectivity index (χ4n) is 9.15. The predicted molar refractivity (Wildman–Crippen MR) is 288 cm³/mol. The highest BCUT2D eigenvalue weighted by Crippen LogP contribution is 2.41. The Kier molecular flexibility index (Phi) is 15.2. The molecule has 6 aliphatic rings. The number of hydrogen-bond donors (Lipinski definition) is 2. The van der Waals surface area contributed by atoms with E-state index in [0.717, 1.165) is 101 Å². The van der Waals surface area contributed by atoms with Crippen LogP contribution in [-0.2, 0) is 18.9 Å². The molecule has 14 heteroatoms. The summed E-state index contributed by atoms with van der Waals surface area (Å²) >= 11 is 0. The van der Waals surface area contributed by atoms with Gasteiger partial charge in [0.25, 0.3) is 0 Å². The van der Waals surface area contributed by atoms with Crippen LogP contribution in [0.5, 0.6) is 23.0 Å². The van der Waals surface area contributed by atoms with Crippen LogP contribution in [0, 0.1) is 0 Å². The van der Waals surface area contributed by atoms with E-state index in [2.05, 4.69) is 80.6 Å². The van der Waals surface area contributed by atoms with E-state index in [0.29, 0.717) is 90.8 Å². The zero-order valence-electron chi connectivity index (χ0n) is 40.7. The highest BCUT2D eigenvalue weighted by molar-refractivity contribution is 6.00. The summed E-state index contributed by atoms with van der Waals surface area (Å²) in [5.41, 5.74) is 13.6. The summed E-state index contributed by atoms with van der Waals surface area (Å²) in [6, 6.07) is 40.0. The fraction of sp³-hybridized carbons (Fsp3) is 0.200. The van der Waals surface area contributed by atoms with Gasteiger partial charge >= 0.3 is 0 Å². The normalized spacial score (nSPS) is 15.0. The first-order valence-electron chi connectivity index (χ1n) is 24.8. The minimum absolute atomic E-state index is 0.319. The first kappa shape index (κ1) is 47.9. The average molecular weight is 987 g/mol. The van der Waals surface area contributed by atoms with Crippen LogP contribution in [0.1, 0.15) is 22.8 Å². The van der Waals surface area contributed by atoms with Gasteiger partial charge in [0, 0.05) is 80.2 Å². The summed E-state index contributed by atoms with van der Waals surface area (Å²) < 4.78 is 48.3. The van der Waals surface area contributed by atoms with E-state index >= 15 is 0 Å². The molecule has 0 atom stereocenters. The number of benzene rings is 3. The van der Waals surface area contributed by atoms with Crippen molar-refractivity contribution in [2.24, 2.45) is 0 Å². The maximum atomic E-state index is 6.54. The Labute approximate surface area is 428 Å². The Morgan fingerprint density at radius 1 is 0.311 bits per heavy atom. The van der Waals surface area contributed by atoms with Crippen LogP contribution in [0.4, 0.5) is 0 Å². The quantitative estimate of drug-likeness (QED) is 0.169. The van der Waals surface area contributed by atoms with Crippen LogP contribution in [0.2, 0.25) is 0 Å². The summed E-state index contributed by atoms with van der Waals surface area (Å²) in [6.07, 6.45) is 15.5. The van der Waals surface area contributed by atoms with Crippen LogP contribution in [0.3, 0.4) is 0 Å². The van der Waals surface area contributed by atoms with Gasteiger partial charge < -0.3 is 47.9 Å². The Morgan fingerprint density at radius 3 is 1.03 bits per heavy atom. The second-order valence-corrected chi connectivity index (χ2v) is 17.3. The lowest BCUT2D eigenvalue weighted by molar-refractivity contribution is 0.0271. The molecule has 0 amide bonds. The van der Waals surface area contributed by atoms with Crippen molar-refractivity contribution >= 4 is 46.4 Å². The second-order valence-electron chi connectivity index (χ2n) is 17.3. The molecule has 3 aromatic carbocycles. The highest BCUT2D eigenvalue weighted by Gasteiger charge is 2.21. The summed E-state index contributed by atoms with van der Waals surface area (Å²) in [5, 5.41) is 0. The average Bonchev–Trinajstić information content (AvgIpc) is 4.30. The van der Waals surface area contributed by atoms with Crippen LogP contribution < -0.4 is 18.9 Å². The van der Waals surface area contributed by atoms with Gasteiger partial charge in [-0.05, 0) is 120 Å². The van der Waals surface area contributed by atoms with Crippen molar-refractivity contribution in [3.05, 3.63) is 169 Å². The molecule has 74 heavy (non-hydrogen) atoms. The van der Waals surface area contributed by atoms with Gasteiger partial charge in [-0.15, -0.1) is 0 Å². The van der Waals surface area contributed by atoms with Crippen LogP contribution in [-0.4, -0.2) is 109 Å². The van der Waals surface area contributed by atoms with Crippen molar-refractivity contribution in [1.29, 1.82) is 0 Å². The molecule has 8 aromatic rings. The molecule has 14 rings (SSSR count). The van der Waals surface area contributed by atoms with E-state index in [1.165, 1.54) is 0 Å². The van der Waals surface area contributed by atoms with Crippen LogP contribution >= 0.6 is 0 Å². The zero-order valence-corrected chi connectivity index (χ0v) is 40.7. The van der Waals surface area contributed by atoms with Crippen LogP contribution in [0.15, 0.2) is 146 Å². The number of para-hydroxylation sites is 2. The fourth-order valence-corrected chi connectivity index (χ4v) is 9.15. The van der Waals surface area contributed by atoms with Gasteiger partial charge in [-0.2, -0.15) is 0 Å². The van der Waals surface area contributed by atoms with E-state index in [1.807, 2.05) is 84.9 Å². The molecule has 0 saturated heterocycles. The number of hydrogen-bond acceptors (Lipinski definition) is 12. The van der Waals surface area contributed by atoms with Gasteiger partial charge in [-0.1, -0.05) is 36.4 Å². The largest absolute Gasteiger partial charge is 0.491 e. The topological polar surface area (TPSA) is 157 Å². The van der Waals surface area contributed by atoms with Crippen molar-refractivity contribution in [1.82, 2.24) is 29.9 Å². The lowest BCUT2D eigenvalue weighted by Gasteiger charge is -2.13. The number of aromatic nitrogens is 6. The van der Waals surface area contributed by atoms with Gasteiger partial charge in [-0.25, -0.2) is 9.97 Å². The lowest BCUT2D eigenvalue weighted by atomic mass is 10.0. The number of aromatic amines is 2. The maximum absolute atomic E-state index is 6.54. The number of H-pyrrole nitrogens is 2. The summed E-state index contributed by atoms with van der Waals surface area (Å²) in [7, 11) is 0. The maximum Gasteiger partial charge on any atom is 0.127 e. The lowest BCUT2D eigenvalue weighted by Crippen LogP contribution is -2.14. The van der Waals surface area contributed by atoms with Crippen molar-refractivity contribution < 1.29 is 37.9 Å². The van der Waals surface area contributed by atoms with Gasteiger partial charge in [0.1, 0.15) is 49.4 Å². The third-order valence-electron chi connectivity index (χ3n) is 12.5.